The summed E-state index contributed by atoms with van der Waals surface area (Å²) in [5.74, 6) is -0.761. The van der Waals surface area contributed by atoms with E-state index >= 15 is 0 Å². The third kappa shape index (κ3) is 2.12. The minimum Gasteiger partial charge on any atom is -0.481 e. The summed E-state index contributed by atoms with van der Waals surface area (Å²) in [4.78, 5) is 10.4. The van der Waals surface area contributed by atoms with Gasteiger partial charge in [-0.2, -0.15) is 0 Å². The van der Waals surface area contributed by atoms with Crippen LogP contribution in [0.2, 0.25) is 0 Å². The van der Waals surface area contributed by atoms with E-state index in [0.717, 1.165) is 17.6 Å². The van der Waals surface area contributed by atoms with Crippen molar-refractivity contribution < 1.29 is 9.90 Å². The average Bonchev–Trinajstić information content (AvgIpc) is 2.65. The fourth-order valence-electron chi connectivity index (χ4n) is 1.53. The van der Waals surface area contributed by atoms with Crippen molar-refractivity contribution in [2.45, 2.75) is 19.3 Å². The van der Waals surface area contributed by atoms with Gasteiger partial charge in [0, 0.05) is 12.6 Å². The Kier molecular flexibility index (Phi) is 2.62. The second kappa shape index (κ2) is 4.08. The Bertz CT molecular complexity index is 478. The van der Waals surface area contributed by atoms with Crippen LogP contribution in [-0.2, 0) is 11.2 Å². The van der Waals surface area contributed by atoms with Gasteiger partial charge in [0.25, 0.3) is 0 Å². The van der Waals surface area contributed by atoms with Crippen molar-refractivity contribution in [3.63, 3.8) is 0 Å². The van der Waals surface area contributed by atoms with Crippen LogP contribution in [0.3, 0.4) is 0 Å². The Hall–Kier alpha value is -1.91. The molecule has 0 aromatic carbocycles. The average molecular weight is 205 g/mol. The van der Waals surface area contributed by atoms with E-state index in [1.165, 1.54) is 0 Å². The minimum atomic E-state index is -0.761. The van der Waals surface area contributed by atoms with E-state index in [1.54, 1.807) is 6.33 Å². The van der Waals surface area contributed by atoms with Gasteiger partial charge in [-0.1, -0.05) is 6.07 Å². The Morgan fingerprint density at radius 2 is 2.40 bits per heavy atom. The first kappa shape index (κ1) is 9.64. The highest BCUT2D eigenvalue weighted by Gasteiger charge is 2.04. The molecule has 1 N–H and O–H groups in total. The van der Waals surface area contributed by atoms with E-state index in [-0.39, 0.29) is 6.42 Å². The topological polar surface area (TPSA) is 67.5 Å². The molecule has 0 aliphatic heterocycles. The van der Waals surface area contributed by atoms with Gasteiger partial charge in [0.05, 0.1) is 0 Å². The minimum absolute atomic E-state index is 0.190. The maximum Gasteiger partial charge on any atom is 0.303 e. The molecular formula is C10H11N3O2. The number of aromatic nitrogens is 3. The number of fused-ring (bicyclic) bond motifs is 1. The molecule has 0 radical (unpaired) electrons. The molecule has 2 rings (SSSR count). The molecule has 0 saturated heterocycles. The summed E-state index contributed by atoms with van der Waals surface area (Å²) < 4.78 is 1.83. The zero-order chi connectivity index (χ0) is 10.7. The Morgan fingerprint density at radius 3 is 3.20 bits per heavy atom. The number of hydrogen-bond donors (Lipinski definition) is 1. The lowest BCUT2D eigenvalue weighted by molar-refractivity contribution is -0.137. The van der Waals surface area contributed by atoms with Gasteiger partial charge in [-0.25, -0.2) is 0 Å². The number of hydrogen-bond acceptors (Lipinski definition) is 3. The van der Waals surface area contributed by atoms with Gasteiger partial charge in [-0.15, -0.1) is 10.2 Å². The smallest absolute Gasteiger partial charge is 0.303 e. The van der Waals surface area contributed by atoms with Crippen LogP contribution < -0.4 is 0 Å². The van der Waals surface area contributed by atoms with Crippen LogP contribution in [0.1, 0.15) is 18.4 Å². The summed E-state index contributed by atoms with van der Waals surface area (Å²) >= 11 is 0. The third-order valence-corrected chi connectivity index (χ3v) is 2.24. The van der Waals surface area contributed by atoms with Crippen LogP contribution in [0.5, 0.6) is 0 Å². The summed E-state index contributed by atoms with van der Waals surface area (Å²) in [6.45, 7) is 0. The summed E-state index contributed by atoms with van der Waals surface area (Å²) in [7, 11) is 0. The van der Waals surface area contributed by atoms with Gasteiger partial charge in [0.15, 0.2) is 5.65 Å². The number of carboxylic acid groups (broad SMARTS) is 1. The highest BCUT2D eigenvalue weighted by atomic mass is 16.4. The standard InChI is InChI=1S/C10H11N3O2/c14-9(15)5-1-3-8-4-2-6-13-7-11-12-10(8)13/h2,4,6-7H,1,3,5H2,(H,14,15). The number of pyridine rings is 1. The van der Waals surface area contributed by atoms with Crippen molar-refractivity contribution in [3.05, 3.63) is 30.2 Å². The van der Waals surface area contributed by atoms with E-state index in [9.17, 15) is 4.79 Å². The molecule has 5 nitrogen and oxygen atoms in total. The maximum absolute atomic E-state index is 10.4. The highest BCUT2D eigenvalue weighted by molar-refractivity contribution is 5.66. The van der Waals surface area contributed by atoms with Crippen molar-refractivity contribution in [1.29, 1.82) is 0 Å². The second-order valence-electron chi connectivity index (χ2n) is 3.34. The van der Waals surface area contributed by atoms with Crippen molar-refractivity contribution in [3.8, 4) is 0 Å². The lowest BCUT2D eigenvalue weighted by Gasteiger charge is -2.00. The number of nitrogens with zero attached hydrogens (tertiary/aromatic N) is 3. The van der Waals surface area contributed by atoms with Crippen LogP contribution in [0.15, 0.2) is 24.7 Å². The molecule has 0 bridgehead atoms. The highest BCUT2D eigenvalue weighted by Crippen LogP contribution is 2.10. The quantitative estimate of drug-likeness (QED) is 0.812. The van der Waals surface area contributed by atoms with Gasteiger partial charge in [0.1, 0.15) is 6.33 Å². The predicted octanol–water partition coefficient (Wildman–Crippen LogP) is 1.14. The first-order valence-electron chi connectivity index (χ1n) is 4.76. The predicted molar refractivity (Wildman–Crippen MR) is 53.6 cm³/mol. The zero-order valence-electron chi connectivity index (χ0n) is 8.13. The molecular weight excluding hydrogens is 194 g/mol. The van der Waals surface area contributed by atoms with Crippen molar-refractivity contribution in [2.24, 2.45) is 0 Å². The van der Waals surface area contributed by atoms with Crippen molar-refractivity contribution in [1.82, 2.24) is 14.6 Å². The fourth-order valence-corrected chi connectivity index (χ4v) is 1.53. The SMILES string of the molecule is O=C(O)CCCc1cccn2cnnc12. The molecule has 2 aromatic heterocycles. The first-order valence-corrected chi connectivity index (χ1v) is 4.76. The Labute approximate surface area is 86.4 Å². The van der Waals surface area contributed by atoms with Gasteiger partial charge in [0.2, 0.25) is 0 Å². The van der Waals surface area contributed by atoms with Crippen LogP contribution in [-0.4, -0.2) is 25.7 Å². The largest absolute Gasteiger partial charge is 0.481 e. The van der Waals surface area contributed by atoms with Crippen LogP contribution in [0, 0.1) is 0 Å². The maximum atomic E-state index is 10.4. The monoisotopic (exact) mass is 205 g/mol. The summed E-state index contributed by atoms with van der Waals surface area (Å²) in [5, 5.41) is 16.3. The molecule has 0 spiro atoms. The molecule has 0 atom stereocenters. The molecule has 0 amide bonds. The van der Waals surface area contributed by atoms with Crippen LogP contribution in [0.4, 0.5) is 0 Å². The van der Waals surface area contributed by atoms with Crippen LogP contribution >= 0.6 is 0 Å². The molecule has 15 heavy (non-hydrogen) atoms. The van der Waals surface area contributed by atoms with E-state index in [4.69, 9.17) is 5.11 Å². The molecule has 0 fully saturated rings. The molecule has 5 heteroatoms. The second-order valence-corrected chi connectivity index (χ2v) is 3.34. The van der Waals surface area contributed by atoms with E-state index in [0.29, 0.717) is 6.42 Å². The number of rotatable bonds is 4. The number of aliphatic carboxylic acids is 1. The van der Waals surface area contributed by atoms with E-state index in [2.05, 4.69) is 10.2 Å². The summed E-state index contributed by atoms with van der Waals surface area (Å²) in [5.41, 5.74) is 1.85. The molecule has 0 aliphatic carbocycles. The Morgan fingerprint density at radius 1 is 1.53 bits per heavy atom. The molecule has 2 heterocycles. The van der Waals surface area contributed by atoms with E-state index < -0.39 is 5.97 Å². The normalized spacial score (nSPS) is 10.7. The van der Waals surface area contributed by atoms with Crippen LogP contribution in [0.25, 0.3) is 5.65 Å². The van der Waals surface area contributed by atoms with Gasteiger partial charge in [-0.3, -0.25) is 9.20 Å². The third-order valence-electron chi connectivity index (χ3n) is 2.24. The number of carboxylic acids is 1. The van der Waals surface area contributed by atoms with Crippen molar-refractivity contribution in [2.75, 3.05) is 0 Å². The molecule has 78 valence electrons. The number of aryl methyl sites for hydroxylation is 1. The summed E-state index contributed by atoms with van der Waals surface area (Å²) in [6.07, 6.45) is 5.04. The molecule has 0 saturated carbocycles. The molecule has 0 aliphatic rings. The Balaban J connectivity index is 2.13. The van der Waals surface area contributed by atoms with E-state index in [1.807, 2.05) is 22.7 Å². The lowest BCUT2D eigenvalue weighted by atomic mass is 10.1. The fraction of sp³-hybridized carbons (Fsp3) is 0.300. The zero-order valence-corrected chi connectivity index (χ0v) is 8.13. The molecule has 2 aromatic rings. The lowest BCUT2D eigenvalue weighted by Crippen LogP contribution is -1.97. The van der Waals surface area contributed by atoms with Gasteiger partial charge < -0.3 is 5.11 Å². The molecule has 0 unspecified atom stereocenters. The van der Waals surface area contributed by atoms with Crippen molar-refractivity contribution >= 4 is 11.6 Å². The summed E-state index contributed by atoms with van der Waals surface area (Å²) in [6, 6.07) is 3.86. The van der Waals surface area contributed by atoms with Gasteiger partial charge >= 0.3 is 5.97 Å². The van der Waals surface area contributed by atoms with Gasteiger partial charge in [-0.05, 0) is 24.5 Å². The first-order chi connectivity index (χ1) is 7.27. The number of carbonyl (C=O) groups is 1.